The van der Waals surface area contributed by atoms with Crippen LogP contribution >= 0.6 is 0 Å². The molecule has 11 heteroatoms. The van der Waals surface area contributed by atoms with Gasteiger partial charge in [0.2, 0.25) is 0 Å². The van der Waals surface area contributed by atoms with Crippen LogP contribution in [0.25, 0.3) is 0 Å². The molecule has 2 aromatic rings. The smallest absolute Gasteiger partial charge is 0.408 e. The number of nitrogens with zero attached hydrogens (tertiary/aromatic N) is 1. The average Bonchev–Trinajstić information content (AvgIpc) is 2.92. The lowest BCUT2D eigenvalue weighted by atomic mass is 10.1. The van der Waals surface area contributed by atoms with Gasteiger partial charge in [-0.2, -0.15) is 5.16 Å². The molecule has 1 amide bonds. The molecule has 0 spiro atoms. The number of carboxylic acid groups (broad SMARTS) is 1. The van der Waals surface area contributed by atoms with E-state index in [4.69, 9.17) is 9.26 Å². The molecule has 3 N–H and O–H groups in total. The van der Waals surface area contributed by atoms with Gasteiger partial charge in [-0.3, -0.25) is 14.9 Å². The highest BCUT2D eigenvalue weighted by Crippen LogP contribution is 2.26. The minimum atomic E-state index is -1.45. The number of alkyl carbamates (subject to hydrolysis) is 1. The van der Waals surface area contributed by atoms with Crippen LogP contribution in [0, 0.1) is 17.0 Å². The molecule has 1 aromatic carbocycles. The van der Waals surface area contributed by atoms with Crippen molar-refractivity contribution in [3.8, 4) is 0 Å². The fourth-order valence-electron chi connectivity index (χ4n) is 2.44. The molecule has 0 aliphatic rings. The van der Waals surface area contributed by atoms with Gasteiger partial charge in [0.1, 0.15) is 17.9 Å². The van der Waals surface area contributed by atoms with E-state index in [2.05, 4.69) is 10.5 Å². The second-order valence-electron chi connectivity index (χ2n) is 5.67. The molecule has 0 saturated carbocycles. The van der Waals surface area contributed by atoms with Crippen LogP contribution in [0.2, 0.25) is 0 Å². The minimum absolute atomic E-state index is 0.0782. The van der Waals surface area contributed by atoms with Crippen molar-refractivity contribution in [2.75, 3.05) is 0 Å². The highest BCUT2D eigenvalue weighted by molar-refractivity contribution is 5.80. The number of hydrogen-bond acceptors (Lipinski definition) is 7. The number of aromatic amines is 1. The molecule has 2 unspecified atom stereocenters. The Labute approximate surface area is 152 Å². The van der Waals surface area contributed by atoms with Crippen LogP contribution in [0.5, 0.6) is 0 Å². The third-order valence-corrected chi connectivity index (χ3v) is 3.85. The largest absolute Gasteiger partial charge is 0.480 e. The number of nitro groups is 1. The van der Waals surface area contributed by atoms with Crippen LogP contribution in [-0.4, -0.2) is 33.3 Å². The minimum Gasteiger partial charge on any atom is -0.480 e. The molecular formula is C16H17N3O8. The van der Waals surface area contributed by atoms with Crippen molar-refractivity contribution in [1.29, 1.82) is 0 Å². The first-order valence-electron chi connectivity index (χ1n) is 7.81. The number of carboxylic acids is 1. The lowest BCUT2D eigenvalue weighted by Crippen LogP contribution is -2.43. The highest BCUT2D eigenvalue weighted by atomic mass is 16.6. The van der Waals surface area contributed by atoms with Crippen molar-refractivity contribution in [1.82, 2.24) is 10.5 Å². The first kappa shape index (κ1) is 19.7. The van der Waals surface area contributed by atoms with Crippen LogP contribution in [-0.2, 0) is 16.0 Å². The predicted octanol–water partition coefficient (Wildman–Crippen LogP) is 1.67. The van der Waals surface area contributed by atoms with Crippen molar-refractivity contribution in [3.63, 3.8) is 0 Å². The summed E-state index contributed by atoms with van der Waals surface area (Å²) in [7, 11) is 0. The average molecular weight is 379 g/mol. The molecule has 0 radical (unpaired) electrons. The number of aryl methyl sites for hydroxylation is 1. The summed E-state index contributed by atoms with van der Waals surface area (Å²) in [6.07, 6.45) is -2.41. The number of rotatable bonds is 7. The lowest BCUT2D eigenvalue weighted by Gasteiger charge is -2.17. The third kappa shape index (κ3) is 4.71. The third-order valence-electron chi connectivity index (χ3n) is 3.85. The fourth-order valence-corrected chi connectivity index (χ4v) is 2.44. The highest BCUT2D eigenvalue weighted by Gasteiger charge is 2.27. The summed E-state index contributed by atoms with van der Waals surface area (Å²) >= 11 is 0. The first-order chi connectivity index (χ1) is 12.7. The monoisotopic (exact) mass is 379 g/mol. The Morgan fingerprint density at radius 3 is 2.63 bits per heavy atom. The predicted molar refractivity (Wildman–Crippen MR) is 90.3 cm³/mol. The van der Waals surface area contributed by atoms with Gasteiger partial charge < -0.3 is 19.7 Å². The number of hydrogen-bond donors (Lipinski definition) is 3. The maximum Gasteiger partial charge on any atom is 0.408 e. The summed E-state index contributed by atoms with van der Waals surface area (Å²) < 4.78 is 9.86. The van der Waals surface area contributed by atoms with E-state index < -0.39 is 34.7 Å². The number of para-hydroxylation sites is 1. The molecule has 27 heavy (non-hydrogen) atoms. The normalized spacial score (nSPS) is 12.8. The maximum atomic E-state index is 12.0. The van der Waals surface area contributed by atoms with E-state index >= 15 is 0 Å². The molecule has 0 aliphatic heterocycles. The van der Waals surface area contributed by atoms with Crippen LogP contribution in [0.15, 0.2) is 33.6 Å². The number of nitrogens with one attached hydrogen (secondary N) is 2. The summed E-state index contributed by atoms with van der Waals surface area (Å²) in [4.78, 5) is 45.5. The van der Waals surface area contributed by atoms with Crippen molar-refractivity contribution < 1.29 is 28.9 Å². The summed E-state index contributed by atoms with van der Waals surface area (Å²) in [5, 5.41) is 24.5. The van der Waals surface area contributed by atoms with Gasteiger partial charge in [0.25, 0.3) is 11.2 Å². The lowest BCUT2D eigenvalue weighted by molar-refractivity contribution is -0.386. The van der Waals surface area contributed by atoms with Crippen LogP contribution in [0.3, 0.4) is 0 Å². The number of nitro benzene ring substituents is 1. The van der Waals surface area contributed by atoms with Crippen LogP contribution < -0.4 is 10.9 Å². The van der Waals surface area contributed by atoms with E-state index in [1.807, 2.05) is 0 Å². The van der Waals surface area contributed by atoms with E-state index in [9.17, 15) is 29.6 Å². The molecule has 2 atom stereocenters. The van der Waals surface area contributed by atoms with Gasteiger partial charge in [0.15, 0.2) is 0 Å². The summed E-state index contributed by atoms with van der Waals surface area (Å²) in [5.74, 6) is -1.18. The fraction of sp³-hybridized carbons (Fsp3) is 0.312. The van der Waals surface area contributed by atoms with Gasteiger partial charge in [0, 0.05) is 12.5 Å². The van der Waals surface area contributed by atoms with Gasteiger partial charge in [0.05, 0.1) is 16.1 Å². The number of benzene rings is 1. The van der Waals surface area contributed by atoms with Crippen molar-refractivity contribution in [2.24, 2.45) is 0 Å². The van der Waals surface area contributed by atoms with Crippen molar-refractivity contribution >= 4 is 17.7 Å². The molecule has 2 rings (SSSR count). The Bertz CT molecular complexity index is 916. The second kappa shape index (κ2) is 8.17. The molecule has 0 aliphatic carbocycles. The molecular weight excluding hydrogens is 362 g/mol. The quantitative estimate of drug-likeness (QED) is 0.482. The Hall–Kier alpha value is -3.63. The van der Waals surface area contributed by atoms with Gasteiger partial charge in [-0.05, 0) is 19.9 Å². The number of amides is 1. The molecule has 11 nitrogen and oxygen atoms in total. The van der Waals surface area contributed by atoms with E-state index in [1.165, 1.54) is 32.0 Å². The topological polar surface area (TPSA) is 165 Å². The van der Waals surface area contributed by atoms with E-state index in [0.717, 1.165) is 0 Å². The number of carbonyl (C=O) groups excluding carboxylic acids is 1. The van der Waals surface area contributed by atoms with Gasteiger partial charge in [-0.25, -0.2) is 9.59 Å². The van der Waals surface area contributed by atoms with Crippen molar-refractivity contribution in [2.45, 2.75) is 32.4 Å². The zero-order valence-electron chi connectivity index (χ0n) is 14.4. The Morgan fingerprint density at radius 2 is 2.07 bits per heavy atom. The molecule has 1 heterocycles. The zero-order chi connectivity index (χ0) is 20.1. The standard InChI is InChI=1S/C16H17N3O8/c1-8(10-5-3-4-6-13(10)19(24)25)26-16(23)17-12(15(21)22)7-11-9(2)27-18-14(11)20/h3-6,8,12H,7H2,1-2H3,(H,17,23)(H,18,20)(H,21,22). The molecule has 1 aromatic heterocycles. The summed E-state index contributed by atoms with van der Waals surface area (Å²) in [6, 6.07) is 4.27. The number of H-pyrrole nitrogens is 1. The van der Waals surface area contributed by atoms with E-state index in [1.54, 1.807) is 6.07 Å². The number of carbonyl (C=O) groups is 2. The number of aliphatic carboxylic acids is 1. The Morgan fingerprint density at radius 1 is 1.41 bits per heavy atom. The zero-order valence-corrected chi connectivity index (χ0v) is 14.4. The maximum absolute atomic E-state index is 12.0. The summed E-state index contributed by atoms with van der Waals surface area (Å²) in [5.41, 5.74) is -0.587. The van der Waals surface area contributed by atoms with Crippen LogP contribution in [0.1, 0.15) is 29.9 Å². The van der Waals surface area contributed by atoms with Gasteiger partial charge in [-0.15, -0.1) is 0 Å². The molecule has 0 fully saturated rings. The molecule has 0 bridgehead atoms. The Kier molecular flexibility index (Phi) is 5.96. The summed E-state index contributed by atoms with van der Waals surface area (Å²) in [6.45, 7) is 2.89. The van der Waals surface area contributed by atoms with Crippen LogP contribution in [0.4, 0.5) is 10.5 Å². The van der Waals surface area contributed by atoms with E-state index in [-0.39, 0.29) is 29.0 Å². The van der Waals surface area contributed by atoms with E-state index in [0.29, 0.717) is 0 Å². The van der Waals surface area contributed by atoms with Gasteiger partial charge in [-0.1, -0.05) is 12.1 Å². The SMILES string of the molecule is Cc1o[nH]c(=O)c1CC(NC(=O)OC(C)c1ccccc1[N+](=O)[O-])C(=O)O. The first-order valence-corrected chi connectivity index (χ1v) is 7.81. The molecule has 144 valence electrons. The number of aromatic nitrogens is 1. The molecule has 0 saturated heterocycles. The second-order valence-corrected chi connectivity index (χ2v) is 5.67. The number of ether oxygens (including phenoxy) is 1. The van der Waals surface area contributed by atoms with Gasteiger partial charge >= 0.3 is 12.1 Å². The van der Waals surface area contributed by atoms with Crippen molar-refractivity contribution in [3.05, 3.63) is 61.6 Å². The Balaban J connectivity index is 2.09.